The van der Waals surface area contributed by atoms with Gasteiger partial charge in [0, 0.05) is 62.9 Å². The van der Waals surface area contributed by atoms with E-state index < -0.39 is 5.91 Å². The Labute approximate surface area is 300 Å². The van der Waals surface area contributed by atoms with Gasteiger partial charge in [-0.05, 0) is 43.9 Å². The van der Waals surface area contributed by atoms with Gasteiger partial charge in [-0.2, -0.15) is 10.4 Å². The number of amides is 3. The number of nitriles is 1. The lowest BCUT2D eigenvalue weighted by molar-refractivity contribution is -0.117. The minimum atomic E-state index is -0.730. The van der Waals surface area contributed by atoms with Crippen molar-refractivity contribution < 1.29 is 14.4 Å². The molecule has 6 heterocycles. The molecule has 0 spiro atoms. The largest absolute Gasteiger partial charge is 0.364 e. The van der Waals surface area contributed by atoms with Crippen LogP contribution in [0.4, 0.5) is 22.9 Å². The number of aromatic nitrogens is 5. The van der Waals surface area contributed by atoms with Crippen LogP contribution >= 0.6 is 0 Å². The van der Waals surface area contributed by atoms with Crippen molar-refractivity contribution in [3.63, 3.8) is 0 Å². The number of rotatable bonds is 10. The zero-order valence-electron chi connectivity index (χ0n) is 29.1. The molecule has 3 amide bonds. The second-order valence-electron chi connectivity index (χ2n) is 14.1. The first-order valence-electron chi connectivity index (χ1n) is 17.8. The van der Waals surface area contributed by atoms with Gasteiger partial charge in [0.15, 0.2) is 11.5 Å². The van der Waals surface area contributed by atoms with E-state index >= 15 is 0 Å². The van der Waals surface area contributed by atoms with Crippen LogP contribution in [-0.4, -0.2) is 85.7 Å². The molecule has 1 aliphatic carbocycles. The Balaban J connectivity index is 1.01. The summed E-state index contributed by atoms with van der Waals surface area (Å²) in [6.07, 6.45) is 5.18. The van der Waals surface area contributed by atoms with Gasteiger partial charge in [0.2, 0.25) is 5.91 Å². The zero-order chi connectivity index (χ0) is 36.1. The number of benzene rings is 1. The fourth-order valence-electron chi connectivity index (χ4n) is 7.65. The Hall–Kier alpha value is -5.88. The molecule has 52 heavy (non-hydrogen) atoms. The summed E-state index contributed by atoms with van der Waals surface area (Å²) in [5.41, 5.74) is 12.2. The van der Waals surface area contributed by atoms with Crippen molar-refractivity contribution in [3.05, 3.63) is 71.4 Å². The summed E-state index contributed by atoms with van der Waals surface area (Å²) >= 11 is 0. The van der Waals surface area contributed by atoms with Crippen LogP contribution in [0.1, 0.15) is 77.1 Å². The number of likely N-dealkylation sites (tertiary alicyclic amines) is 2. The van der Waals surface area contributed by atoms with Gasteiger partial charge >= 0.3 is 0 Å². The molecule has 1 saturated carbocycles. The molecule has 4 aromatic rings. The normalized spacial score (nSPS) is 19.7. The Morgan fingerprint density at radius 2 is 1.83 bits per heavy atom. The van der Waals surface area contributed by atoms with E-state index in [2.05, 4.69) is 66.4 Å². The van der Waals surface area contributed by atoms with Crippen LogP contribution in [0, 0.1) is 23.2 Å². The molecule has 15 nitrogen and oxygen atoms in total. The van der Waals surface area contributed by atoms with E-state index in [0.717, 1.165) is 66.2 Å². The van der Waals surface area contributed by atoms with Crippen LogP contribution in [0.25, 0.3) is 11.1 Å². The average molecular weight is 701 g/mol. The predicted molar refractivity (Wildman–Crippen MR) is 192 cm³/mol. The number of nitrogens with one attached hydrogen (secondary N) is 2. The molecule has 3 fully saturated rings. The predicted octanol–water partition coefficient (Wildman–Crippen LogP) is 3.87. The highest BCUT2D eigenvalue weighted by molar-refractivity contribution is 6.00. The molecule has 8 rings (SSSR count). The molecule has 2 atom stereocenters. The standard InChI is InChI=1S/C37H40N12O3/c1-3-30-34-26(16-40-49(34)24-19-47(20-24)18-23-6-4-9-28(41-23)37(52)48-13-12-21(15-38)17-48)25-7-5-8-27(33(25)46(30)2)42-29-14-31(43-36(51)22-10-11-22)44-45-32(29)35(39)50/h4-9,14,16,21-22,24,30H,3,10-13,17-20H2,1-2H3,(H2,39,50)(H2,42,43,44,51). The summed E-state index contributed by atoms with van der Waals surface area (Å²) in [7, 11) is 2.06. The smallest absolute Gasteiger partial charge is 0.272 e. The van der Waals surface area contributed by atoms with Gasteiger partial charge in [-0.1, -0.05) is 25.1 Å². The van der Waals surface area contributed by atoms with Crippen LogP contribution in [0.15, 0.2) is 48.7 Å². The highest BCUT2D eigenvalue weighted by Gasteiger charge is 2.38. The second-order valence-corrected chi connectivity index (χ2v) is 14.1. The molecule has 15 heteroatoms. The molecule has 2 unspecified atom stereocenters. The van der Waals surface area contributed by atoms with Gasteiger partial charge < -0.3 is 26.2 Å². The van der Waals surface area contributed by atoms with Crippen LogP contribution in [0.3, 0.4) is 0 Å². The van der Waals surface area contributed by atoms with E-state index in [0.29, 0.717) is 37.4 Å². The van der Waals surface area contributed by atoms with Crippen molar-refractivity contribution in [3.8, 4) is 17.2 Å². The number of fused-ring (bicyclic) bond motifs is 3. The number of primary amides is 1. The minimum absolute atomic E-state index is 0.0146. The van der Waals surface area contributed by atoms with E-state index in [1.807, 2.05) is 30.5 Å². The minimum Gasteiger partial charge on any atom is -0.364 e. The third-order valence-corrected chi connectivity index (χ3v) is 10.5. The van der Waals surface area contributed by atoms with Gasteiger partial charge in [0.05, 0.1) is 58.7 Å². The summed E-state index contributed by atoms with van der Waals surface area (Å²) in [4.78, 5) is 48.8. The van der Waals surface area contributed by atoms with Crippen molar-refractivity contribution >= 4 is 40.6 Å². The number of hydrogen-bond donors (Lipinski definition) is 3. The average Bonchev–Trinajstić information content (AvgIpc) is 3.72. The van der Waals surface area contributed by atoms with Gasteiger partial charge in [-0.3, -0.25) is 24.0 Å². The maximum atomic E-state index is 13.1. The van der Waals surface area contributed by atoms with Crippen LogP contribution in [0.2, 0.25) is 0 Å². The van der Waals surface area contributed by atoms with Crippen molar-refractivity contribution in [1.29, 1.82) is 5.26 Å². The Bertz CT molecular complexity index is 2110. The first kappa shape index (κ1) is 33.3. The number of anilines is 4. The number of nitrogens with zero attached hydrogens (tertiary/aromatic N) is 9. The number of para-hydroxylation sites is 1. The van der Waals surface area contributed by atoms with E-state index in [-0.39, 0.29) is 47.2 Å². The van der Waals surface area contributed by atoms with E-state index in [1.165, 1.54) is 0 Å². The highest BCUT2D eigenvalue weighted by Crippen LogP contribution is 2.50. The number of carbonyl (C=O) groups is 3. The highest BCUT2D eigenvalue weighted by atomic mass is 16.2. The lowest BCUT2D eigenvalue weighted by Crippen LogP contribution is -2.48. The number of nitrogens with two attached hydrogens (primary N) is 1. The molecular weight excluding hydrogens is 660 g/mol. The second kappa shape index (κ2) is 13.3. The summed E-state index contributed by atoms with van der Waals surface area (Å²) in [5, 5.41) is 28.4. The summed E-state index contributed by atoms with van der Waals surface area (Å²) in [6, 6.07) is 15.6. The lowest BCUT2D eigenvalue weighted by atomic mass is 9.91. The van der Waals surface area contributed by atoms with Crippen molar-refractivity contribution in [2.45, 2.75) is 51.2 Å². The Morgan fingerprint density at radius 1 is 1.02 bits per heavy atom. The molecule has 2 saturated heterocycles. The van der Waals surface area contributed by atoms with Crippen molar-refractivity contribution in [1.82, 2.24) is 34.8 Å². The van der Waals surface area contributed by atoms with Crippen LogP contribution in [0.5, 0.6) is 0 Å². The molecular formula is C37H40N12O3. The van der Waals surface area contributed by atoms with Crippen LogP contribution < -0.4 is 21.3 Å². The van der Waals surface area contributed by atoms with Gasteiger partial charge in [0.1, 0.15) is 5.69 Å². The fourth-order valence-corrected chi connectivity index (χ4v) is 7.65. The third-order valence-electron chi connectivity index (χ3n) is 10.5. The van der Waals surface area contributed by atoms with E-state index in [1.54, 1.807) is 17.0 Å². The summed E-state index contributed by atoms with van der Waals surface area (Å²) in [5.74, 6) is -0.836. The summed E-state index contributed by atoms with van der Waals surface area (Å²) < 4.78 is 2.17. The first-order valence-corrected chi connectivity index (χ1v) is 17.8. The number of carbonyl (C=O) groups excluding carboxylic acids is 3. The fraction of sp³-hybridized carbons (Fsp3) is 0.405. The number of hydrogen-bond acceptors (Lipinski definition) is 11. The topological polar surface area (TPSA) is 191 Å². The molecule has 3 aliphatic heterocycles. The van der Waals surface area contributed by atoms with Crippen molar-refractivity contribution in [2.24, 2.45) is 17.6 Å². The maximum Gasteiger partial charge on any atom is 0.272 e. The van der Waals surface area contributed by atoms with E-state index in [9.17, 15) is 19.6 Å². The van der Waals surface area contributed by atoms with Gasteiger partial charge in [0.25, 0.3) is 11.8 Å². The Kier molecular flexibility index (Phi) is 8.54. The summed E-state index contributed by atoms with van der Waals surface area (Å²) in [6.45, 7) is 5.42. The van der Waals surface area contributed by atoms with Crippen LogP contribution in [-0.2, 0) is 11.3 Å². The van der Waals surface area contributed by atoms with Crippen molar-refractivity contribution in [2.75, 3.05) is 48.8 Å². The zero-order valence-corrected chi connectivity index (χ0v) is 29.1. The molecule has 4 N–H and O–H groups in total. The SMILES string of the molecule is CCC1c2c(cnn2C2CN(Cc3cccc(C(=O)N4CCC(C#N)C4)n3)C2)-c2cccc(Nc3cc(NC(=O)C4CC4)nnc3C(N)=O)c2N1C. The van der Waals surface area contributed by atoms with E-state index in [4.69, 9.17) is 10.8 Å². The lowest BCUT2D eigenvalue weighted by Gasteiger charge is -2.43. The molecule has 0 bridgehead atoms. The monoisotopic (exact) mass is 700 g/mol. The maximum absolute atomic E-state index is 13.1. The Morgan fingerprint density at radius 3 is 2.56 bits per heavy atom. The third kappa shape index (κ3) is 6.08. The molecule has 1 aromatic carbocycles. The molecule has 0 radical (unpaired) electrons. The molecule has 266 valence electrons. The number of pyridine rings is 1. The molecule has 4 aliphatic rings. The first-order chi connectivity index (χ1) is 25.2. The quantitative estimate of drug-likeness (QED) is 0.218. The van der Waals surface area contributed by atoms with Gasteiger partial charge in [-0.15, -0.1) is 10.2 Å². The van der Waals surface area contributed by atoms with Gasteiger partial charge in [-0.25, -0.2) is 4.98 Å². The molecule has 3 aromatic heterocycles.